The van der Waals surface area contributed by atoms with Crippen molar-refractivity contribution in [3.05, 3.63) is 101 Å². The zero-order valence-electron chi connectivity index (χ0n) is 18.5. The lowest BCUT2D eigenvalue weighted by molar-refractivity contribution is 0.0480. The molecule has 0 aliphatic heterocycles. The van der Waals surface area contributed by atoms with E-state index in [9.17, 15) is 4.79 Å². The third kappa shape index (κ3) is 4.11. The number of carbonyl (C=O) groups excluding carboxylic acids is 1. The molecule has 0 bridgehead atoms. The van der Waals surface area contributed by atoms with Gasteiger partial charge in [-0.2, -0.15) is 0 Å². The molecule has 2 N–H and O–H groups in total. The summed E-state index contributed by atoms with van der Waals surface area (Å²) in [5.41, 5.74) is 11.3. The number of nitrogens with zero attached hydrogens (tertiary/aromatic N) is 1. The normalized spacial score (nSPS) is 10.9. The highest BCUT2D eigenvalue weighted by Gasteiger charge is 2.23. The number of thiophene rings is 1. The van der Waals surface area contributed by atoms with Gasteiger partial charge >= 0.3 is 5.97 Å². The first-order chi connectivity index (χ1) is 16.7. The molecular formula is C28H22N2O3S. The Balaban J connectivity index is 1.63. The summed E-state index contributed by atoms with van der Waals surface area (Å²) in [5.74, 6) is 0.266. The molecule has 0 unspecified atom stereocenters. The predicted molar refractivity (Wildman–Crippen MR) is 137 cm³/mol. The van der Waals surface area contributed by atoms with Crippen molar-refractivity contribution in [2.24, 2.45) is 0 Å². The van der Waals surface area contributed by atoms with E-state index in [1.165, 1.54) is 11.3 Å². The largest absolute Gasteiger partial charge is 0.496 e. The van der Waals surface area contributed by atoms with Crippen molar-refractivity contribution in [1.82, 2.24) is 4.98 Å². The molecule has 34 heavy (non-hydrogen) atoms. The van der Waals surface area contributed by atoms with Crippen molar-refractivity contribution < 1.29 is 14.3 Å². The number of ether oxygens (including phenoxy) is 2. The number of pyridine rings is 1. The van der Waals surface area contributed by atoms with Gasteiger partial charge in [-0.25, -0.2) is 9.78 Å². The highest BCUT2D eigenvalue weighted by molar-refractivity contribution is 7.21. The summed E-state index contributed by atoms with van der Waals surface area (Å²) in [5, 5.41) is 0.751. The number of anilines is 1. The number of hydrogen-bond donors (Lipinski definition) is 1. The van der Waals surface area contributed by atoms with E-state index in [0.29, 0.717) is 15.4 Å². The SMILES string of the molecule is COc1ccccc1-c1cc(-c2ccccc2)c2c(N)c(C(=O)OCc3ccccc3)sc2n1. The molecule has 168 valence electrons. The van der Waals surface area contributed by atoms with Crippen LogP contribution in [-0.4, -0.2) is 18.1 Å². The maximum Gasteiger partial charge on any atom is 0.350 e. The van der Waals surface area contributed by atoms with Crippen LogP contribution in [0.1, 0.15) is 15.2 Å². The molecule has 0 spiro atoms. The molecule has 2 heterocycles. The number of fused-ring (bicyclic) bond motifs is 1. The topological polar surface area (TPSA) is 74.4 Å². The molecule has 0 saturated carbocycles. The van der Waals surface area contributed by atoms with E-state index >= 15 is 0 Å². The minimum atomic E-state index is -0.456. The Morgan fingerprint density at radius 2 is 1.59 bits per heavy atom. The average molecular weight is 467 g/mol. The summed E-state index contributed by atoms with van der Waals surface area (Å²) in [6.45, 7) is 0.179. The van der Waals surface area contributed by atoms with Crippen LogP contribution in [0.15, 0.2) is 91.0 Å². The number of nitrogens with two attached hydrogens (primary N) is 1. The zero-order chi connectivity index (χ0) is 23.5. The smallest absolute Gasteiger partial charge is 0.350 e. The number of benzene rings is 3. The molecule has 5 nitrogen and oxygen atoms in total. The fourth-order valence-electron chi connectivity index (χ4n) is 3.90. The molecule has 6 heteroatoms. The quantitative estimate of drug-likeness (QED) is 0.286. The van der Waals surface area contributed by atoms with Crippen LogP contribution in [0.3, 0.4) is 0 Å². The number of hydrogen-bond acceptors (Lipinski definition) is 6. The molecule has 0 saturated heterocycles. The first-order valence-electron chi connectivity index (χ1n) is 10.8. The molecule has 3 aromatic carbocycles. The van der Waals surface area contributed by atoms with E-state index < -0.39 is 5.97 Å². The number of aromatic nitrogens is 1. The lowest BCUT2D eigenvalue weighted by atomic mass is 9.99. The van der Waals surface area contributed by atoms with Gasteiger partial charge in [0.1, 0.15) is 22.1 Å². The monoisotopic (exact) mass is 466 g/mol. The number of esters is 1. The summed E-state index contributed by atoms with van der Waals surface area (Å²) >= 11 is 1.25. The van der Waals surface area contributed by atoms with Gasteiger partial charge in [-0.05, 0) is 34.9 Å². The predicted octanol–water partition coefficient (Wildman–Crippen LogP) is 6.58. The molecule has 5 aromatic rings. The summed E-state index contributed by atoms with van der Waals surface area (Å²) in [4.78, 5) is 18.9. The van der Waals surface area contributed by atoms with Crippen molar-refractivity contribution >= 4 is 33.2 Å². The Kier molecular flexibility index (Phi) is 5.97. The van der Waals surface area contributed by atoms with Gasteiger partial charge in [0.05, 0.1) is 18.5 Å². The summed E-state index contributed by atoms with van der Waals surface area (Å²) in [7, 11) is 1.64. The average Bonchev–Trinajstić information content (AvgIpc) is 3.24. The van der Waals surface area contributed by atoms with Crippen LogP contribution >= 0.6 is 11.3 Å². The molecular weight excluding hydrogens is 444 g/mol. The van der Waals surface area contributed by atoms with E-state index in [4.69, 9.17) is 20.2 Å². The van der Waals surface area contributed by atoms with E-state index in [1.54, 1.807) is 7.11 Å². The number of rotatable bonds is 6. The Hall–Kier alpha value is -4.16. The number of carbonyl (C=O) groups is 1. The van der Waals surface area contributed by atoms with Gasteiger partial charge in [0.15, 0.2) is 0 Å². The van der Waals surface area contributed by atoms with Crippen LogP contribution < -0.4 is 10.5 Å². The lowest BCUT2D eigenvalue weighted by Gasteiger charge is -2.11. The van der Waals surface area contributed by atoms with Crippen LogP contribution in [0, 0.1) is 0 Å². The minimum absolute atomic E-state index is 0.179. The maximum atomic E-state index is 13.0. The van der Waals surface area contributed by atoms with Gasteiger partial charge in [-0.1, -0.05) is 72.8 Å². The van der Waals surface area contributed by atoms with E-state index in [0.717, 1.165) is 39.1 Å². The Morgan fingerprint density at radius 3 is 2.32 bits per heavy atom. The molecule has 0 aliphatic carbocycles. The van der Waals surface area contributed by atoms with Crippen LogP contribution in [0.5, 0.6) is 5.75 Å². The molecule has 0 aliphatic rings. The standard InChI is InChI=1S/C28H22N2O3S/c1-32-23-15-9-8-14-20(23)22-16-21(19-12-6-3-7-13-19)24-25(29)26(34-27(24)30-22)28(31)33-17-18-10-4-2-5-11-18/h2-16H,17,29H2,1H3. The minimum Gasteiger partial charge on any atom is -0.496 e. The zero-order valence-corrected chi connectivity index (χ0v) is 19.3. The van der Waals surface area contributed by atoms with Crippen LogP contribution in [0.25, 0.3) is 32.6 Å². The number of nitrogen functional groups attached to an aromatic ring is 1. The third-order valence-electron chi connectivity index (χ3n) is 5.56. The van der Waals surface area contributed by atoms with E-state index in [-0.39, 0.29) is 6.61 Å². The molecule has 2 aromatic heterocycles. The van der Waals surface area contributed by atoms with Crippen LogP contribution in [-0.2, 0) is 11.3 Å². The van der Waals surface area contributed by atoms with Crippen molar-refractivity contribution in [1.29, 1.82) is 0 Å². The maximum absolute atomic E-state index is 13.0. The Bertz CT molecular complexity index is 1460. The van der Waals surface area contributed by atoms with Crippen molar-refractivity contribution in [3.63, 3.8) is 0 Å². The van der Waals surface area contributed by atoms with E-state index in [1.807, 2.05) is 91.0 Å². The second-order valence-corrected chi connectivity index (χ2v) is 8.71. The summed E-state index contributed by atoms with van der Waals surface area (Å²) in [6.07, 6.45) is 0. The molecule has 0 fully saturated rings. The van der Waals surface area contributed by atoms with Gasteiger partial charge in [0.25, 0.3) is 0 Å². The van der Waals surface area contributed by atoms with Crippen LogP contribution in [0.2, 0.25) is 0 Å². The third-order valence-corrected chi connectivity index (χ3v) is 6.64. The van der Waals surface area contributed by atoms with Gasteiger partial charge in [-0.15, -0.1) is 11.3 Å². The Labute approximate surface area is 201 Å². The molecule has 0 amide bonds. The van der Waals surface area contributed by atoms with Crippen molar-refractivity contribution in [2.45, 2.75) is 6.61 Å². The first kappa shape index (κ1) is 21.7. The van der Waals surface area contributed by atoms with Crippen molar-refractivity contribution in [2.75, 3.05) is 12.8 Å². The number of para-hydroxylation sites is 1. The van der Waals surface area contributed by atoms with E-state index in [2.05, 4.69) is 0 Å². The molecule has 5 rings (SSSR count). The van der Waals surface area contributed by atoms with Gasteiger partial charge in [-0.3, -0.25) is 0 Å². The highest BCUT2D eigenvalue weighted by atomic mass is 32.1. The molecule has 0 atom stereocenters. The first-order valence-corrected chi connectivity index (χ1v) is 11.6. The van der Waals surface area contributed by atoms with Gasteiger partial charge in [0, 0.05) is 10.9 Å². The summed E-state index contributed by atoms with van der Waals surface area (Å²) < 4.78 is 11.1. The molecule has 0 radical (unpaired) electrons. The van der Waals surface area contributed by atoms with Crippen molar-refractivity contribution in [3.8, 4) is 28.1 Å². The fourth-order valence-corrected chi connectivity index (χ4v) is 4.91. The second-order valence-electron chi connectivity index (χ2n) is 7.71. The van der Waals surface area contributed by atoms with Gasteiger partial charge < -0.3 is 15.2 Å². The second kappa shape index (κ2) is 9.37. The number of methoxy groups -OCH3 is 1. The highest BCUT2D eigenvalue weighted by Crippen LogP contribution is 2.42. The van der Waals surface area contributed by atoms with Gasteiger partial charge in [0.2, 0.25) is 0 Å². The lowest BCUT2D eigenvalue weighted by Crippen LogP contribution is -2.05. The Morgan fingerprint density at radius 1 is 0.912 bits per heavy atom. The van der Waals surface area contributed by atoms with Crippen LogP contribution in [0.4, 0.5) is 5.69 Å². The summed E-state index contributed by atoms with van der Waals surface area (Å²) in [6, 6.07) is 29.2. The fraction of sp³-hybridized carbons (Fsp3) is 0.0714.